The van der Waals surface area contributed by atoms with Crippen molar-refractivity contribution in [1.82, 2.24) is 20.9 Å². The zero-order valence-electron chi connectivity index (χ0n) is 14.6. The first-order valence-corrected chi connectivity index (χ1v) is 9.20. The van der Waals surface area contributed by atoms with Crippen molar-refractivity contribution in [3.05, 3.63) is 0 Å². The van der Waals surface area contributed by atoms with Crippen LogP contribution in [0, 0.1) is 5.92 Å². The van der Waals surface area contributed by atoms with Crippen LogP contribution in [0.3, 0.4) is 0 Å². The van der Waals surface area contributed by atoms with Gasteiger partial charge >= 0.3 is 0 Å². The molecule has 1 saturated carbocycles. The lowest BCUT2D eigenvalue weighted by Crippen LogP contribution is -2.44. The zero-order chi connectivity index (χ0) is 16.3. The standard InChI is InChI=1S/C17H32N4O2.ClH/c22-16(7-6-15-4-1-2-5-15)20-14-17(23)19-8-3-11-21-12-9-18-10-13-21;/h15,18H,1-14H2,(H,19,23)(H,20,22);1H. The molecule has 140 valence electrons. The van der Waals surface area contributed by atoms with E-state index in [0.717, 1.165) is 51.5 Å². The fourth-order valence-corrected chi connectivity index (χ4v) is 3.43. The highest BCUT2D eigenvalue weighted by Crippen LogP contribution is 2.28. The molecule has 2 aliphatic rings. The van der Waals surface area contributed by atoms with Gasteiger partial charge in [-0.1, -0.05) is 25.7 Å². The lowest BCUT2D eigenvalue weighted by atomic mass is 10.0. The zero-order valence-corrected chi connectivity index (χ0v) is 15.5. The van der Waals surface area contributed by atoms with Crippen LogP contribution in [0.4, 0.5) is 0 Å². The molecule has 2 amide bonds. The molecule has 2 fully saturated rings. The van der Waals surface area contributed by atoms with E-state index in [1.807, 2.05) is 0 Å². The molecular formula is C17H33ClN4O2. The molecule has 1 heterocycles. The molecule has 1 aliphatic carbocycles. The van der Waals surface area contributed by atoms with E-state index >= 15 is 0 Å². The first kappa shape index (κ1) is 21.2. The van der Waals surface area contributed by atoms with Crippen molar-refractivity contribution >= 4 is 24.2 Å². The van der Waals surface area contributed by atoms with Crippen LogP contribution in [-0.2, 0) is 9.59 Å². The Hall–Kier alpha value is -0.850. The van der Waals surface area contributed by atoms with E-state index in [2.05, 4.69) is 20.9 Å². The molecule has 2 rings (SSSR count). The van der Waals surface area contributed by atoms with Crippen LogP contribution in [0.5, 0.6) is 0 Å². The van der Waals surface area contributed by atoms with Gasteiger partial charge in [-0.15, -0.1) is 12.4 Å². The normalized spacial score (nSPS) is 18.8. The van der Waals surface area contributed by atoms with Crippen LogP contribution in [-0.4, -0.2) is 62.5 Å². The third-order valence-corrected chi connectivity index (χ3v) is 4.88. The average Bonchev–Trinajstić information content (AvgIpc) is 3.09. The van der Waals surface area contributed by atoms with Gasteiger partial charge < -0.3 is 20.9 Å². The lowest BCUT2D eigenvalue weighted by molar-refractivity contribution is -0.126. The summed E-state index contributed by atoms with van der Waals surface area (Å²) in [5, 5.41) is 8.93. The number of hydrogen-bond donors (Lipinski definition) is 3. The van der Waals surface area contributed by atoms with Gasteiger partial charge in [0.25, 0.3) is 0 Å². The van der Waals surface area contributed by atoms with Gasteiger partial charge in [-0.25, -0.2) is 0 Å². The third kappa shape index (κ3) is 8.85. The first-order valence-electron chi connectivity index (χ1n) is 9.20. The van der Waals surface area contributed by atoms with E-state index in [-0.39, 0.29) is 30.8 Å². The van der Waals surface area contributed by atoms with E-state index in [1.165, 1.54) is 25.7 Å². The summed E-state index contributed by atoms with van der Waals surface area (Å²) in [5.74, 6) is 0.645. The van der Waals surface area contributed by atoms with Gasteiger partial charge in [0.05, 0.1) is 6.54 Å². The van der Waals surface area contributed by atoms with Crippen molar-refractivity contribution in [2.24, 2.45) is 5.92 Å². The predicted octanol–water partition coefficient (Wildman–Crippen LogP) is 0.906. The summed E-state index contributed by atoms with van der Waals surface area (Å²) in [7, 11) is 0. The number of halogens is 1. The highest BCUT2D eigenvalue weighted by Gasteiger charge is 2.16. The molecule has 0 aromatic carbocycles. The van der Waals surface area contributed by atoms with Gasteiger partial charge in [-0.05, 0) is 25.3 Å². The summed E-state index contributed by atoms with van der Waals surface area (Å²) in [4.78, 5) is 25.9. The number of piperazine rings is 1. The second kappa shape index (κ2) is 12.5. The Labute approximate surface area is 151 Å². The predicted molar refractivity (Wildman–Crippen MR) is 98.4 cm³/mol. The molecule has 6 nitrogen and oxygen atoms in total. The lowest BCUT2D eigenvalue weighted by Gasteiger charge is -2.27. The highest BCUT2D eigenvalue weighted by molar-refractivity contribution is 5.85. The number of carbonyl (C=O) groups is 2. The maximum absolute atomic E-state index is 11.7. The minimum absolute atomic E-state index is 0. The van der Waals surface area contributed by atoms with Crippen molar-refractivity contribution in [2.75, 3.05) is 45.8 Å². The van der Waals surface area contributed by atoms with Gasteiger partial charge in [-0.3, -0.25) is 9.59 Å². The van der Waals surface area contributed by atoms with Gasteiger partial charge in [0.1, 0.15) is 0 Å². The Bertz CT molecular complexity index is 370. The van der Waals surface area contributed by atoms with E-state index in [0.29, 0.717) is 13.0 Å². The molecule has 3 N–H and O–H groups in total. The Kier molecular flexibility index (Phi) is 11.0. The topological polar surface area (TPSA) is 73.5 Å². The molecule has 1 aliphatic heterocycles. The van der Waals surface area contributed by atoms with Gasteiger partial charge in [0, 0.05) is 39.1 Å². The molecule has 0 radical (unpaired) electrons. The first-order chi connectivity index (χ1) is 11.2. The second-order valence-corrected chi connectivity index (χ2v) is 6.76. The number of nitrogens with zero attached hydrogens (tertiary/aromatic N) is 1. The van der Waals surface area contributed by atoms with Gasteiger partial charge in [-0.2, -0.15) is 0 Å². The largest absolute Gasteiger partial charge is 0.355 e. The molecule has 7 heteroatoms. The van der Waals surface area contributed by atoms with E-state index < -0.39 is 0 Å². The van der Waals surface area contributed by atoms with Crippen LogP contribution in [0.1, 0.15) is 44.9 Å². The Balaban J connectivity index is 0.00000288. The van der Waals surface area contributed by atoms with Crippen molar-refractivity contribution < 1.29 is 9.59 Å². The molecule has 0 atom stereocenters. The molecule has 0 aromatic rings. The van der Waals surface area contributed by atoms with Crippen LogP contribution in [0.2, 0.25) is 0 Å². The summed E-state index contributed by atoms with van der Waals surface area (Å²) in [6, 6.07) is 0. The summed E-state index contributed by atoms with van der Waals surface area (Å²) in [6.07, 6.45) is 7.63. The Morgan fingerprint density at radius 1 is 1.04 bits per heavy atom. The summed E-state index contributed by atoms with van der Waals surface area (Å²) in [6.45, 7) is 6.10. The molecule has 0 spiro atoms. The second-order valence-electron chi connectivity index (χ2n) is 6.76. The SMILES string of the molecule is Cl.O=C(CCC1CCCC1)NCC(=O)NCCCN1CCNCC1. The van der Waals surface area contributed by atoms with Gasteiger partial charge in [0.15, 0.2) is 0 Å². The minimum atomic E-state index is -0.0838. The van der Waals surface area contributed by atoms with Crippen molar-refractivity contribution in [3.63, 3.8) is 0 Å². The number of amides is 2. The third-order valence-electron chi connectivity index (χ3n) is 4.88. The fourth-order valence-electron chi connectivity index (χ4n) is 3.43. The van der Waals surface area contributed by atoms with Crippen molar-refractivity contribution in [3.8, 4) is 0 Å². The fraction of sp³-hybridized carbons (Fsp3) is 0.882. The summed E-state index contributed by atoms with van der Waals surface area (Å²) in [5.41, 5.74) is 0. The number of rotatable bonds is 9. The Morgan fingerprint density at radius 3 is 2.46 bits per heavy atom. The number of carbonyl (C=O) groups excluding carboxylic acids is 2. The number of nitrogens with one attached hydrogen (secondary N) is 3. The maximum Gasteiger partial charge on any atom is 0.239 e. The minimum Gasteiger partial charge on any atom is -0.355 e. The molecule has 24 heavy (non-hydrogen) atoms. The molecule has 0 unspecified atom stereocenters. The number of hydrogen-bond acceptors (Lipinski definition) is 4. The summed E-state index contributed by atoms with van der Waals surface area (Å²) >= 11 is 0. The molecule has 0 aromatic heterocycles. The highest BCUT2D eigenvalue weighted by atomic mass is 35.5. The quantitative estimate of drug-likeness (QED) is 0.534. The summed E-state index contributed by atoms with van der Waals surface area (Å²) < 4.78 is 0. The van der Waals surface area contributed by atoms with Crippen LogP contribution < -0.4 is 16.0 Å². The maximum atomic E-state index is 11.7. The monoisotopic (exact) mass is 360 g/mol. The van der Waals surface area contributed by atoms with Crippen molar-refractivity contribution in [2.45, 2.75) is 44.9 Å². The van der Waals surface area contributed by atoms with E-state index in [9.17, 15) is 9.59 Å². The van der Waals surface area contributed by atoms with Crippen molar-refractivity contribution in [1.29, 1.82) is 0 Å². The smallest absolute Gasteiger partial charge is 0.239 e. The van der Waals surface area contributed by atoms with Crippen LogP contribution in [0.15, 0.2) is 0 Å². The molecule has 1 saturated heterocycles. The van der Waals surface area contributed by atoms with Crippen LogP contribution in [0.25, 0.3) is 0 Å². The molecular weight excluding hydrogens is 328 g/mol. The molecule has 0 bridgehead atoms. The van der Waals surface area contributed by atoms with Crippen LogP contribution >= 0.6 is 12.4 Å². The van der Waals surface area contributed by atoms with E-state index in [1.54, 1.807) is 0 Å². The van der Waals surface area contributed by atoms with E-state index in [4.69, 9.17) is 0 Å². The average molecular weight is 361 g/mol. The Morgan fingerprint density at radius 2 is 1.75 bits per heavy atom. The van der Waals surface area contributed by atoms with Gasteiger partial charge in [0.2, 0.25) is 11.8 Å².